The van der Waals surface area contributed by atoms with Crippen LogP contribution in [0.5, 0.6) is 5.75 Å². The summed E-state index contributed by atoms with van der Waals surface area (Å²) in [7, 11) is 1.61. The zero-order valence-electron chi connectivity index (χ0n) is 16.5. The van der Waals surface area contributed by atoms with Gasteiger partial charge in [0.25, 0.3) is 5.91 Å². The highest BCUT2D eigenvalue weighted by Gasteiger charge is 2.12. The highest BCUT2D eigenvalue weighted by molar-refractivity contribution is 5.92. The normalized spacial score (nSPS) is 10.4. The van der Waals surface area contributed by atoms with Gasteiger partial charge in [0.15, 0.2) is 0 Å². The summed E-state index contributed by atoms with van der Waals surface area (Å²) in [5.41, 5.74) is 5.06. The van der Waals surface area contributed by atoms with Gasteiger partial charge in [0, 0.05) is 12.2 Å². The number of carbonyl (C=O) groups excluding carboxylic acids is 1. The minimum atomic E-state index is -0.245. The van der Waals surface area contributed by atoms with Gasteiger partial charge >= 0.3 is 0 Å². The summed E-state index contributed by atoms with van der Waals surface area (Å²) >= 11 is 0. The smallest absolute Gasteiger partial charge is 0.270 e. The Kier molecular flexibility index (Phi) is 5.89. The molecule has 3 rings (SSSR count). The van der Waals surface area contributed by atoms with Crippen LogP contribution in [0.1, 0.15) is 32.9 Å². The van der Waals surface area contributed by atoms with E-state index in [4.69, 9.17) is 4.74 Å². The van der Waals surface area contributed by atoms with Gasteiger partial charge in [-0.1, -0.05) is 35.9 Å². The summed E-state index contributed by atoms with van der Waals surface area (Å²) in [6.07, 6.45) is 0. The number of ether oxygens (including phenoxy) is 1. The number of hydrogen-bond donors (Lipinski definition) is 2. The van der Waals surface area contributed by atoms with Crippen LogP contribution in [0.25, 0.3) is 0 Å². The molecule has 0 atom stereocenters. The quantitative estimate of drug-likeness (QED) is 0.678. The third-order valence-corrected chi connectivity index (χ3v) is 4.26. The monoisotopic (exact) mass is 376 g/mol. The number of anilines is 2. The first-order valence-corrected chi connectivity index (χ1v) is 9.05. The molecule has 2 aromatic carbocycles. The standard InChI is InChI=1S/C22H24N4O2/c1-14-5-8-17(9-6-14)13-23-21(27)19-12-16(3)24-22(26-19)25-18-11-15(2)7-10-20(18)28-4/h5-12H,13H2,1-4H3,(H,23,27)(H,24,25,26). The van der Waals surface area contributed by atoms with E-state index in [1.807, 2.05) is 63.2 Å². The lowest BCUT2D eigenvalue weighted by Gasteiger charge is -2.12. The van der Waals surface area contributed by atoms with E-state index in [1.165, 1.54) is 5.56 Å². The van der Waals surface area contributed by atoms with Crippen LogP contribution in [0.2, 0.25) is 0 Å². The number of hydrogen-bond acceptors (Lipinski definition) is 5. The second-order valence-corrected chi connectivity index (χ2v) is 6.72. The fourth-order valence-corrected chi connectivity index (χ4v) is 2.76. The topological polar surface area (TPSA) is 76.1 Å². The number of methoxy groups -OCH3 is 1. The van der Waals surface area contributed by atoms with Crippen molar-refractivity contribution < 1.29 is 9.53 Å². The van der Waals surface area contributed by atoms with Crippen LogP contribution in [0, 0.1) is 20.8 Å². The third-order valence-electron chi connectivity index (χ3n) is 4.26. The molecule has 0 aliphatic heterocycles. The minimum absolute atomic E-state index is 0.245. The van der Waals surface area contributed by atoms with Crippen LogP contribution in [0.15, 0.2) is 48.5 Å². The Bertz CT molecular complexity index is 984. The molecule has 0 aliphatic carbocycles. The number of nitrogens with zero attached hydrogens (tertiary/aromatic N) is 2. The van der Waals surface area contributed by atoms with Crippen molar-refractivity contribution in [3.8, 4) is 5.75 Å². The van der Waals surface area contributed by atoms with E-state index >= 15 is 0 Å². The zero-order chi connectivity index (χ0) is 20.1. The summed E-state index contributed by atoms with van der Waals surface area (Å²) in [5, 5.41) is 6.06. The van der Waals surface area contributed by atoms with E-state index < -0.39 is 0 Å². The number of aryl methyl sites for hydroxylation is 3. The zero-order valence-corrected chi connectivity index (χ0v) is 16.5. The van der Waals surface area contributed by atoms with Gasteiger partial charge in [0.2, 0.25) is 5.95 Å². The lowest BCUT2D eigenvalue weighted by Crippen LogP contribution is -2.24. The molecule has 28 heavy (non-hydrogen) atoms. The molecule has 6 heteroatoms. The van der Waals surface area contributed by atoms with Crippen LogP contribution in [0.3, 0.4) is 0 Å². The van der Waals surface area contributed by atoms with Crippen LogP contribution in [-0.4, -0.2) is 23.0 Å². The Labute approximate surface area is 165 Å². The maximum absolute atomic E-state index is 12.6. The molecule has 0 unspecified atom stereocenters. The van der Waals surface area contributed by atoms with Crippen molar-refractivity contribution in [1.29, 1.82) is 0 Å². The number of nitrogens with one attached hydrogen (secondary N) is 2. The molecule has 1 heterocycles. The predicted molar refractivity (Wildman–Crippen MR) is 110 cm³/mol. The summed E-state index contributed by atoms with van der Waals surface area (Å²) in [4.78, 5) is 21.3. The van der Waals surface area contributed by atoms with E-state index in [0.717, 1.165) is 16.8 Å². The Morgan fingerprint density at radius 2 is 1.68 bits per heavy atom. The van der Waals surface area contributed by atoms with Gasteiger partial charge in [-0.05, 0) is 50.1 Å². The van der Waals surface area contributed by atoms with E-state index in [9.17, 15) is 4.79 Å². The Morgan fingerprint density at radius 1 is 0.964 bits per heavy atom. The van der Waals surface area contributed by atoms with Gasteiger partial charge in [-0.15, -0.1) is 0 Å². The molecular formula is C22H24N4O2. The molecule has 0 bridgehead atoms. The number of aromatic nitrogens is 2. The van der Waals surface area contributed by atoms with Gasteiger partial charge in [-0.2, -0.15) is 0 Å². The molecule has 0 spiro atoms. The molecule has 0 fully saturated rings. The fraction of sp³-hybridized carbons (Fsp3) is 0.227. The molecule has 144 valence electrons. The van der Waals surface area contributed by atoms with Crippen molar-refractivity contribution in [3.05, 3.63) is 76.6 Å². The highest BCUT2D eigenvalue weighted by atomic mass is 16.5. The average molecular weight is 376 g/mol. The third kappa shape index (κ3) is 4.85. The van der Waals surface area contributed by atoms with Gasteiger partial charge in [0.05, 0.1) is 12.8 Å². The van der Waals surface area contributed by atoms with E-state index in [0.29, 0.717) is 29.6 Å². The molecule has 2 N–H and O–H groups in total. The first-order valence-electron chi connectivity index (χ1n) is 9.05. The summed E-state index contributed by atoms with van der Waals surface area (Å²) < 4.78 is 5.38. The second kappa shape index (κ2) is 8.52. The first kappa shape index (κ1) is 19.4. The number of amides is 1. The van der Waals surface area contributed by atoms with Crippen molar-refractivity contribution in [2.75, 3.05) is 12.4 Å². The van der Waals surface area contributed by atoms with Crippen molar-refractivity contribution >= 4 is 17.5 Å². The van der Waals surface area contributed by atoms with E-state index in [-0.39, 0.29) is 5.91 Å². The van der Waals surface area contributed by atoms with Crippen molar-refractivity contribution in [1.82, 2.24) is 15.3 Å². The Balaban J connectivity index is 1.76. The first-order chi connectivity index (χ1) is 13.4. The van der Waals surface area contributed by atoms with Gasteiger partial charge in [-0.25, -0.2) is 9.97 Å². The average Bonchev–Trinajstić information content (AvgIpc) is 2.67. The maximum Gasteiger partial charge on any atom is 0.270 e. The van der Waals surface area contributed by atoms with Crippen LogP contribution in [-0.2, 0) is 6.54 Å². The Morgan fingerprint density at radius 3 is 2.39 bits per heavy atom. The fourth-order valence-electron chi connectivity index (χ4n) is 2.76. The molecule has 6 nitrogen and oxygen atoms in total. The molecule has 1 aromatic heterocycles. The minimum Gasteiger partial charge on any atom is -0.495 e. The van der Waals surface area contributed by atoms with Gasteiger partial charge in [-0.3, -0.25) is 4.79 Å². The van der Waals surface area contributed by atoms with E-state index in [2.05, 4.69) is 20.6 Å². The molecule has 0 radical (unpaired) electrons. The van der Waals surface area contributed by atoms with Crippen LogP contribution in [0.4, 0.5) is 11.6 Å². The SMILES string of the molecule is COc1ccc(C)cc1Nc1nc(C)cc(C(=O)NCc2ccc(C)cc2)n1. The molecule has 0 aliphatic rings. The van der Waals surface area contributed by atoms with Crippen LogP contribution >= 0.6 is 0 Å². The molecular weight excluding hydrogens is 352 g/mol. The molecule has 0 saturated carbocycles. The van der Waals surface area contributed by atoms with Crippen molar-refractivity contribution in [2.45, 2.75) is 27.3 Å². The van der Waals surface area contributed by atoms with E-state index in [1.54, 1.807) is 13.2 Å². The second-order valence-electron chi connectivity index (χ2n) is 6.72. The lowest BCUT2D eigenvalue weighted by atomic mass is 10.1. The molecule has 1 amide bonds. The number of carbonyl (C=O) groups is 1. The maximum atomic E-state index is 12.6. The van der Waals surface area contributed by atoms with Crippen molar-refractivity contribution in [3.63, 3.8) is 0 Å². The summed E-state index contributed by atoms with van der Waals surface area (Å²) in [6.45, 7) is 6.29. The van der Waals surface area contributed by atoms with Crippen LogP contribution < -0.4 is 15.4 Å². The molecule has 0 saturated heterocycles. The van der Waals surface area contributed by atoms with Gasteiger partial charge < -0.3 is 15.4 Å². The largest absolute Gasteiger partial charge is 0.495 e. The summed E-state index contributed by atoms with van der Waals surface area (Å²) in [6, 6.07) is 15.5. The van der Waals surface area contributed by atoms with Gasteiger partial charge in [0.1, 0.15) is 11.4 Å². The number of rotatable bonds is 6. The Hall–Kier alpha value is -3.41. The lowest BCUT2D eigenvalue weighted by molar-refractivity contribution is 0.0945. The highest BCUT2D eigenvalue weighted by Crippen LogP contribution is 2.27. The number of benzene rings is 2. The van der Waals surface area contributed by atoms with Crippen molar-refractivity contribution in [2.24, 2.45) is 0 Å². The molecule has 3 aromatic rings. The summed E-state index contributed by atoms with van der Waals surface area (Å²) in [5.74, 6) is 0.788. The predicted octanol–water partition coefficient (Wildman–Crippen LogP) is 4.08.